The number of alkyl halides is 3. The van der Waals surface area contributed by atoms with Gasteiger partial charge in [-0.05, 0) is 6.07 Å². The Balaban J connectivity index is 2.81. The van der Waals surface area contributed by atoms with E-state index < -0.39 is 23.6 Å². The molecule has 0 radical (unpaired) electrons. The predicted octanol–water partition coefficient (Wildman–Crippen LogP) is 0.682. The fourth-order valence-electron chi connectivity index (χ4n) is 0.862. The van der Waals surface area contributed by atoms with Gasteiger partial charge in [-0.15, -0.1) is 0 Å². The molecule has 1 rings (SSSR count). The van der Waals surface area contributed by atoms with Crippen LogP contribution in [0.2, 0.25) is 5.02 Å². The first-order valence-corrected chi connectivity index (χ1v) is 4.68. The largest absolute Gasteiger partial charge is 0.417 e. The van der Waals surface area contributed by atoms with Gasteiger partial charge in [0, 0.05) is 6.20 Å². The number of carbonyl (C=O) groups is 2. The summed E-state index contributed by atoms with van der Waals surface area (Å²) in [4.78, 5) is 24.5. The summed E-state index contributed by atoms with van der Waals surface area (Å²) in [6.07, 6.45) is -4.06. The molecule has 0 unspecified atom stereocenters. The summed E-state index contributed by atoms with van der Waals surface area (Å²) in [6.45, 7) is 0. The Morgan fingerprint density at radius 1 is 1.39 bits per heavy atom. The number of nitrogens with two attached hydrogens (primary N) is 1. The lowest BCUT2D eigenvalue weighted by Crippen LogP contribution is -2.39. The van der Waals surface area contributed by atoms with E-state index in [9.17, 15) is 22.8 Å². The smallest absolute Gasteiger partial charge is 0.361 e. The Morgan fingerprint density at radius 3 is 2.44 bits per heavy atom. The third-order valence-corrected chi connectivity index (χ3v) is 1.97. The quantitative estimate of drug-likeness (QED) is 0.549. The van der Waals surface area contributed by atoms with Crippen LogP contribution in [0.5, 0.6) is 0 Å². The highest BCUT2D eigenvalue weighted by Crippen LogP contribution is 2.32. The van der Waals surface area contributed by atoms with Crippen LogP contribution in [0.15, 0.2) is 12.3 Å². The summed E-state index contributed by atoms with van der Waals surface area (Å²) in [5.74, 6) is -2.71. The molecule has 6 nitrogen and oxygen atoms in total. The minimum atomic E-state index is -4.58. The minimum Gasteiger partial charge on any atom is -0.361 e. The van der Waals surface area contributed by atoms with Crippen LogP contribution >= 0.6 is 11.6 Å². The second-order valence-corrected chi connectivity index (χ2v) is 3.40. The SMILES string of the molecule is NC(=O)C(=O)NNc1ncc(C(F)(F)F)cc1Cl. The summed E-state index contributed by atoms with van der Waals surface area (Å²) in [7, 11) is 0. The second-order valence-electron chi connectivity index (χ2n) is 3.00. The molecule has 98 valence electrons. The third-order valence-electron chi connectivity index (χ3n) is 1.69. The van der Waals surface area contributed by atoms with E-state index in [4.69, 9.17) is 11.6 Å². The number of carbonyl (C=O) groups excluding carboxylic acids is 2. The molecular formula is C8H6ClF3N4O2. The van der Waals surface area contributed by atoms with Crippen LogP contribution in [-0.2, 0) is 15.8 Å². The molecule has 0 atom stereocenters. The van der Waals surface area contributed by atoms with Crippen molar-refractivity contribution in [2.75, 3.05) is 5.43 Å². The zero-order valence-corrected chi connectivity index (χ0v) is 9.26. The normalized spacial score (nSPS) is 10.9. The van der Waals surface area contributed by atoms with Crippen LogP contribution in [0.1, 0.15) is 5.56 Å². The molecule has 10 heteroatoms. The summed E-state index contributed by atoms with van der Waals surface area (Å²) in [6, 6.07) is 0.618. The fraction of sp³-hybridized carbons (Fsp3) is 0.125. The first-order valence-electron chi connectivity index (χ1n) is 4.30. The minimum absolute atomic E-state index is 0.251. The van der Waals surface area contributed by atoms with Gasteiger partial charge in [0.2, 0.25) is 0 Å². The Labute approximate surface area is 103 Å². The van der Waals surface area contributed by atoms with E-state index >= 15 is 0 Å². The van der Waals surface area contributed by atoms with E-state index in [0.29, 0.717) is 12.3 Å². The van der Waals surface area contributed by atoms with E-state index in [1.54, 1.807) is 5.43 Å². The summed E-state index contributed by atoms with van der Waals surface area (Å²) in [5.41, 5.74) is 7.45. The highest BCUT2D eigenvalue weighted by Gasteiger charge is 2.31. The van der Waals surface area contributed by atoms with Gasteiger partial charge in [-0.1, -0.05) is 11.6 Å². The van der Waals surface area contributed by atoms with Gasteiger partial charge >= 0.3 is 18.0 Å². The van der Waals surface area contributed by atoms with Gasteiger partial charge in [0.05, 0.1) is 10.6 Å². The Bertz CT molecular complexity index is 492. The van der Waals surface area contributed by atoms with Crippen LogP contribution in [0, 0.1) is 0 Å². The van der Waals surface area contributed by atoms with Gasteiger partial charge in [0.1, 0.15) is 0 Å². The molecule has 0 spiro atoms. The highest BCUT2D eigenvalue weighted by molar-refractivity contribution is 6.35. The van der Waals surface area contributed by atoms with Gasteiger partial charge in [0.15, 0.2) is 5.82 Å². The van der Waals surface area contributed by atoms with Crippen LogP contribution in [0.25, 0.3) is 0 Å². The van der Waals surface area contributed by atoms with E-state index in [0.717, 1.165) is 0 Å². The third kappa shape index (κ3) is 3.48. The molecule has 1 aromatic heterocycles. The number of hydrogen-bond donors (Lipinski definition) is 3. The van der Waals surface area contributed by atoms with Crippen molar-refractivity contribution >= 4 is 29.2 Å². The lowest BCUT2D eigenvalue weighted by Gasteiger charge is -2.10. The van der Waals surface area contributed by atoms with Crippen LogP contribution in [0.3, 0.4) is 0 Å². The van der Waals surface area contributed by atoms with Crippen molar-refractivity contribution in [3.05, 3.63) is 22.8 Å². The van der Waals surface area contributed by atoms with Gasteiger partial charge in [0.25, 0.3) is 0 Å². The maximum atomic E-state index is 12.3. The van der Waals surface area contributed by atoms with Crippen molar-refractivity contribution in [2.45, 2.75) is 6.18 Å². The number of hydrazine groups is 1. The van der Waals surface area contributed by atoms with Gasteiger partial charge < -0.3 is 5.73 Å². The number of nitrogens with zero attached hydrogens (tertiary/aromatic N) is 1. The average molecular weight is 283 g/mol. The summed E-state index contributed by atoms with van der Waals surface area (Å²) in [5, 5.41) is -0.380. The maximum Gasteiger partial charge on any atom is 0.417 e. The Kier molecular flexibility index (Phi) is 3.96. The number of amides is 2. The van der Waals surface area contributed by atoms with Crippen molar-refractivity contribution in [1.29, 1.82) is 0 Å². The zero-order chi connectivity index (χ0) is 13.9. The molecule has 1 aromatic rings. The molecule has 0 aromatic carbocycles. The Hall–Kier alpha value is -2.03. The summed E-state index contributed by atoms with van der Waals surface area (Å²) < 4.78 is 36.8. The molecule has 1 heterocycles. The fourth-order valence-corrected chi connectivity index (χ4v) is 1.08. The molecule has 2 amide bonds. The number of primary amides is 1. The number of rotatable bonds is 2. The van der Waals surface area contributed by atoms with Crippen molar-refractivity contribution in [1.82, 2.24) is 10.4 Å². The molecule has 0 saturated heterocycles. The Morgan fingerprint density at radius 2 is 2.00 bits per heavy atom. The molecular weight excluding hydrogens is 277 g/mol. The first-order chi connectivity index (χ1) is 8.21. The zero-order valence-electron chi connectivity index (χ0n) is 8.51. The maximum absolute atomic E-state index is 12.3. The second kappa shape index (κ2) is 5.08. The molecule has 0 aliphatic heterocycles. The van der Waals surface area contributed by atoms with Crippen LogP contribution < -0.4 is 16.6 Å². The number of nitrogens with one attached hydrogen (secondary N) is 2. The standard InChI is InChI=1S/C8H6ClF3N4O2/c9-4-1-3(8(10,11)12)2-14-6(4)15-16-7(18)5(13)17/h1-2H,(H2,13,17)(H,14,15)(H,16,18). The van der Waals surface area contributed by atoms with Gasteiger partial charge in [-0.25, -0.2) is 4.98 Å². The summed E-state index contributed by atoms with van der Waals surface area (Å²) >= 11 is 5.51. The van der Waals surface area contributed by atoms with Gasteiger partial charge in [-0.2, -0.15) is 13.2 Å². The van der Waals surface area contributed by atoms with Crippen molar-refractivity contribution in [2.24, 2.45) is 5.73 Å². The van der Waals surface area contributed by atoms with Crippen molar-refractivity contribution < 1.29 is 22.8 Å². The first kappa shape index (κ1) is 14.0. The molecule has 18 heavy (non-hydrogen) atoms. The van der Waals surface area contributed by atoms with Crippen molar-refractivity contribution in [3.63, 3.8) is 0 Å². The molecule has 0 fully saturated rings. The molecule has 0 saturated carbocycles. The predicted molar refractivity (Wildman–Crippen MR) is 55.2 cm³/mol. The van der Waals surface area contributed by atoms with E-state index in [1.165, 1.54) is 0 Å². The average Bonchev–Trinajstić information content (AvgIpc) is 2.25. The van der Waals surface area contributed by atoms with Crippen molar-refractivity contribution in [3.8, 4) is 0 Å². The lowest BCUT2D eigenvalue weighted by atomic mass is 10.3. The number of hydrogen-bond acceptors (Lipinski definition) is 4. The number of pyridine rings is 1. The molecule has 0 aliphatic rings. The lowest BCUT2D eigenvalue weighted by molar-refractivity contribution is -0.137. The molecule has 0 bridgehead atoms. The van der Waals surface area contributed by atoms with E-state index in [1.807, 2.05) is 0 Å². The monoisotopic (exact) mass is 282 g/mol. The van der Waals surface area contributed by atoms with E-state index in [-0.39, 0.29) is 10.8 Å². The molecule has 0 aliphatic carbocycles. The van der Waals surface area contributed by atoms with Gasteiger partial charge in [-0.3, -0.25) is 20.4 Å². The van der Waals surface area contributed by atoms with E-state index in [2.05, 4.69) is 16.1 Å². The molecule has 4 N–H and O–H groups in total. The van der Waals surface area contributed by atoms with Crippen LogP contribution in [0.4, 0.5) is 19.0 Å². The number of aromatic nitrogens is 1. The number of halogens is 4. The van der Waals surface area contributed by atoms with Crippen LogP contribution in [-0.4, -0.2) is 16.8 Å². The number of anilines is 1. The highest BCUT2D eigenvalue weighted by atomic mass is 35.5. The topological polar surface area (TPSA) is 97.1 Å².